The number of aromatic nitrogens is 2. The zero-order valence-corrected chi connectivity index (χ0v) is 13.0. The van der Waals surface area contributed by atoms with Gasteiger partial charge in [-0.05, 0) is 34.1 Å². The number of aromatic amines is 1. The number of rotatable bonds is 4. The van der Waals surface area contributed by atoms with Gasteiger partial charge in [0.05, 0.1) is 11.4 Å². The molecule has 5 nitrogen and oxygen atoms in total. The van der Waals surface area contributed by atoms with Gasteiger partial charge in [0.2, 0.25) is 10.0 Å². The molecule has 0 aliphatic heterocycles. The number of sulfonamides is 1. The number of halogens is 2. The Morgan fingerprint density at radius 3 is 2.78 bits per heavy atom. The number of hydrogen-bond acceptors (Lipinski definition) is 3. The minimum Gasteiger partial charge on any atom is -0.347 e. The molecule has 1 aromatic heterocycles. The monoisotopic (exact) mass is 393 g/mol. The Morgan fingerprint density at radius 2 is 2.11 bits per heavy atom. The van der Waals surface area contributed by atoms with Crippen LogP contribution in [-0.4, -0.2) is 18.4 Å². The molecule has 8 heteroatoms. The summed E-state index contributed by atoms with van der Waals surface area (Å²) >= 11 is 6.47. The molecule has 2 N–H and O–H groups in total. The molecule has 0 bridgehead atoms. The van der Waals surface area contributed by atoms with E-state index in [1.165, 1.54) is 6.07 Å². The maximum atomic E-state index is 12.1. The third kappa shape index (κ3) is 3.19. The third-order valence-electron chi connectivity index (χ3n) is 2.17. The molecular formula is C10H9Br2N3O2S. The van der Waals surface area contributed by atoms with Crippen LogP contribution in [0.2, 0.25) is 0 Å². The second-order valence-corrected chi connectivity index (χ2v) is 6.94. The van der Waals surface area contributed by atoms with Crippen LogP contribution in [0, 0.1) is 0 Å². The minimum atomic E-state index is -3.58. The summed E-state index contributed by atoms with van der Waals surface area (Å²) in [6, 6.07) is 4.97. The predicted octanol–water partition coefficient (Wildman–Crippen LogP) is 2.41. The summed E-state index contributed by atoms with van der Waals surface area (Å²) in [5.74, 6) is 0.560. The molecule has 0 saturated carbocycles. The average molecular weight is 395 g/mol. The van der Waals surface area contributed by atoms with Crippen LogP contribution in [0.1, 0.15) is 5.82 Å². The van der Waals surface area contributed by atoms with Crippen molar-refractivity contribution in [2.75, 3.05) is 0 Å². The molecule has 0 amide bonds. The highest BCUT2D eigenvalue weighted by Crippen LogP contribution is 2.25. The van der Waals surface area contributed by atoms with Gasteiger partial charge in [-0.2, -0.15) is 0 Å². The van der Waals surface area contributed by atoms with E-state index in [2.05, 4.69) is 46.5 Å². The summed E-state index contributed by atoms with van der Waals surface area (Å²) in [4.78, 5) is 6.96. The topological polar surface area (TPSA) is 74.8 Å². The van der Waals surface area contributed by atoms with E-state index < -0.39 is 10.0 Å². The van der Waals surface area contributed by atoms with Crippen LogP contribution in [0.4, 0.5) is 0 Å². The Kier molecular flexibility index (Phi) is 4.21. The van der Waals surface area contributed by atoms with E-state index in [-0.39, 0.29) is 11.4 Å². The maximum absolute atomic E-state index is 12.1. The Balaban J connectivity index is 2.22. The van der Waals surface area contributed by atoms with Crippen molar-refractivity contribution in [2.24, 2.45) is 0 Å². The van der Waals surface area contributed by atoms with Gasteiger partial charge in [-0.15, -0.1) is 0 Å². The molecule has 0 aliphatic carbocycles. The number of nitrogens with zero attached hydrogens (tertiary/aromatic N) is 1. The van der Waals surface area contributed by atoms with Crippen molar-refractivity contribution in [1.29, 1.82) is 0 Å². The van der Waals surface area contributed by atoms with Crippen LogP contribution in [0.15, 0.2) is 44.4 Å². The molecule has 2 rings (SSSR count). The predicted molar refractivity (Wildman–Crippen MR) is 74.5 cm³/mol. The molecule has 0 radical (unpaired) electrons. The Hall–Kier alpha value is -0.700. The fourth-order valence-electron chi connectivity index (χ4n) is 1.32. The van der Waals surface area contributed by atoms with Crippen molar-refractivity contribution in [3.63, 3.8) is 0 Å². The summed E-state index contributed by atoms with van der Waals surface area (Å²) in [5, 5.41) is 0. The minimum absolute atomic E-state index is 0.119. The molecule has 0 unspecified atom stereocenters. The Bertz CT molecular complexity index is 641. The van der Waals surface area contributed by atoms with Crippen molar-refractivity contribution in [3.05, 3.63) is 45.4 Å². The van der Waals surface area contributed by atoms with Gasteiger partial charge in [-0.1, -0.05) is 15.9 Å². The number of hydrogen-bond donors (Lipinski definition) is 2. The van der Waals surface area contributed by atoms with Gasteiger partial charge >= 0.3 is 0 Å². The van der Waals surface area contributed by atoms with E-state index in [0.717, 1.165) is 0 Å². The smallest absolute Gasteiger partial charge is 0.242 e. The van der Waals surface area contributed by atoms with Gasteiger partial charge in [0.15, 0.2) is 0 Å². The van der Waals surface area contributed by atoms with E-state index >= 15 is 0 Å². The van der Waals surface area contributed by atoms with Crippen LogP contribution in [-0.2, 0) is 16.6 Å². The van der Waals surface area contributed by atoms with E-state index in [1.807, 2.05) is 0 Å². The summed E-state index contributed by atoms with van der Waals surface area (Å²) in [5.41, 5.74) is 0. The first-order valence-corrected chi connectivity index (χ1v) is 7.99. The lowest BCUT2D eigenvalue weighted by molar-refractivity contribution is 0.579. The summed E-state index contributed by atoms with van der Waals surface area (Å²) in [6.07, 6.45) is 3.21. The van der Waals surface area contributed by atoms with Gasteiger partial charge in [0.25, 0.3) is 0 Å². The summed E-state index contributed by atoms with van der Waals surface area (Å²) in [6.45, 7) is 0.119. The van der Waals surface area contributed by atoms with Crippen molar-refractivity contribution >= 4 is 41.9 Å². The zero-order chi connectivity index (χ0) is 13.2. The van der Waals surface area contributed by atoms with E-state index in [9.17, 15) is 8.42 Å². The highest BCUT2D eigenvalue weighted by Gasteiger charge is 2.18. The van der Waals surface area contributed by atoms with Gasteiger partial charge in [0.1, 0.15) is 5.82 Å². The molecule has 0 saturated heterocycles. The highest BCUT2D eigenvalue weighted by atomic mass is 79.9. The van der Waals surface area contributed by atoms with Gasteiger partial charge < -0.3 is 4.98 Å². The van der Waals surface area contributed by atoms with E-state index in [1.54, 1.807) is 24.5 Å². The Labute approximate surface area is 121 Å². The second kappa shape index (κ2) is 5.52. The van der Waals surface area contributed by atoms with Crippen LogP contribution in [0.3, 0.4) is 0 Å². The van der Waals surface area contributed by atoms with Crippen molar-refractivity contribution < 1.29 is 8.42 Å². The van der Waals surface area contributed by atoms with E-state index in [0.29, 0.717) is 14.8 Å². The molecule has 1 aromatic carbocycles. The SMILES string of the molecule is O=S(=O)(NCc1ncc[nH]1)c1cc(Br)ccc1Br. The quantitative estimate of drug-likeness (QED) is 0.836. The largest absolute Gasteiger partial charge is 0.347 e. The van der Waals surface area contributed by atoms with Crippen molar-refractivity contribution in [3.8, 4) is 0 Å². The van der Waals surface area contributed by atoms with Gasteiger partial charge in [0, 0.05) is 21.3 Å². The lowest BCUT2D eigenvalue weighted by atomic mass is 10.4. The second-order valence-electron chi connectivity index (χ2n) is 3.44. The molecular weight excluding hydrogens is 386 g/mol. The molecule has 0 aliphatic rings. The zero-order valence-electron chi connectivity index (χ0n) is 9.02. The fraction of sp³-hybridized carbons (Fsp3) is 0.100. The molecule has 96 valence electrons. The van der Waals surface area contributed by atoms with Crippen LogP contribution >= 0.6 is 31.9 Å². The van der Waals surface area contributed by atoms with Gasteiger partial charge in [-0.25, -0.2) is 18.1 Å². The van der Waals surface area contributed by atoms with Crippen molar-refractivity contribution in [2.45, 2.75) is 11.4 Å². The first-order chi connectivity index (χ1) is 8.49. The summed E-state index contributed by atoms with van der Waals surface area (Å²) < 4.78 is 27.9. The normalized spacial score (nSPS) is 11.7. The number of H-pyrrole nitrogens is 1. The lowest BCUT2D eigenvalue weighted by Crippen LogP contribution is -2.24. The number of imidazole rings is 1. The summed E-state index contributed by atoms with van der Waals surface area (Å²) in [7, 11) is -3.58. The van der Waals surface area contributed by atoms with E-state index in [4.69, 9.17) is 0 Å². The molecule has 18 heavy (non-hydrogen) atoms. The van der Waals surface area contributed by atoms with Crippen LogP contribution in [0.5, 0.6) is 0 Å². The third-order valence-corrected chi connectivity index (χ3v) is 5.06. The fourth-order valence-corrected chi connectivity index (χ4v) is 3.81. The molecule has 0 spiro atoms. The average Bonchev–Trinajstić information content (AvgIpc) is 2.83. The first-order valence-electron chi connectivity index (χ1n) is 4.92. The maximum Gasteiger partial charge on any atom is 0.242 e. The number of nitrogens with one attached hydrogen (secondary N) is 2. The van der Waals surface area contributed by atoms with Gasteiger partial charge in [-0.3, -0.25) is 0 Å². The van der Waals surface area contributed by atoms with Crippen molar-refractivity contribution in [1.82, 2.24) is 14.7 Å². The number of benzene rings is 1. The highest BCUT2D eigenvalue weighted by molar-refractivity contribution is 9.11. The van der Waals surface area contributed by atoms with Crippen LogP contribution in [0.25, 0.3) is 0 Å². The standard InChI is InChI=1S/C10H9Br2N3O2S/c11-7-1-2-8(12)9(5-7)18(16,17)15-6-10-13-3-4-14-10/h1-5,15H,6H2,(H,13,14). The lowest BCUT2D eigenvalue weighted by Gasteiger charge is -2.07. The van der Waals surface area contributed by atoms with Crippen LogP contribution < -0.4 is 4.72 Å². The molecule has 0 fully saturated rings. The Morgan fingerprint density at radius 1 is 1.33 bits per heavy atom. The molecule has 0 atom stereocenters. The first kappa shape index (κ1) is 13.7. The molecule has 1 heterocycles. The molecule has 2 aromatic rings.